The maximum atomic E-state index is 12.4. The van der Waals surface area contributed by atoms with Gasteiger partial charge in [-0.05, 0) is 18.1 Å². The zero-order chi connectivity index (χ0) is 18.2. The van der Waals surface area contributed by atoms with E-state index in [1.165, 1.54) is 4.90 Å². The first kappa shape index (κ1) is 19.1. The lowest BCUT2D eigenvalue weighted by molar-refractivity contribution is -0.133. The Labute approximate surface area is 149 Å². The SMILES string of the molecule is Cc1ccc(C(N)C(=O)N(C)CC(O)COCc2ccccc2)cc1. The van der Waals surface area contributed by atoms with E-state index in [0.29, 0.717) is 6.61 Å². The normalized spacial score (nSPS) is 13.3. The Balaban J connectivity index is 1.78. The number of nitrogens with two attached hydrogens (primary N) is 1. The maximum Gasteiger partial charge on any atom is 0.243 e. The Morgan fingerprint density at radius 1 is 1.16 bits per heavy atom. The molecule has 2 unspecified atom stereocenters. The second kappa shape index (κ2) is 9.32. The van der Waals surface area contributed by atoms with E-state index in [-0.39, 0.29) is 19.1 Å². The molecule has 1 amide bonds. The number of nitrogens with zero attached hydrogens (tertiary/aromatic N) is 1. The molecule has 0 aliphatic rings. The van der Waals surface area contributed by atoms with Crippen molar-refractivity contribution in [2.24, 2.45) is 5.73 Å². The molecule has 0 aliphatic heterocycles. The van der Waals surface area contributed by atoms with Crippen LogP contribution in [0.4, 0.5) is 0 Å². The molecule has 0 saturated heterocycles. The third-order valence-corrected chi connectivity index (χ3v) is 3.99. The fraction of sp³-hybridized carbons (Fsp3) is 0.350. The number of amides is 1. The topological polar surface area (TPSA) is 75.8 Å². The van der Waals surface area contributed by atoms with Gasteiger partial charge in [0.05, 0.1) is 19.3 Å². The molecule has 2 atom stereocenters. The molecule has 5 nitrogen and oxygen atoms in total. The summed E-state index contributed by atoms with van der Waals surface area (Å²) in [4.78, 5) is 13.9. The summed E-state index contributed by atoms with van der Waals surface area (Å²) in [5.74, 6) is -0.231. The van der Waals surface area contributed by atoms with E-state index >= 15 is 0 Å². The fourth-order valence-corrected chi connectivity index (χ4v) is 2.50. The molecule has 0 saturated carbocycles. The minimum Gasteiger partial charge on any atom is -0.389 e. The average Bonchev–Trinajstić information content (AvgIpc) is 2.62. The van der Waals surface area contributed by atoms with Gasteiger partial charge in [0.1, 0.15) is 6.04 Å². The van der Waals surface area contributed by atoms with Crippen molar-refractivity contribution >= 4 is 5.91 Å². The van der Waals surface area contributed by atoms with Crippen LogP contribution in [0.3, 0.4) is 0 Å². The molecular formula is C20H26N2O3. The molecule has 25 heavy (non-hydrogen) atoms. The van der Waals surface area contributed by atoms with Crippen LogP contribution in [-0.4, -0.2) is 42.2 Å². The molecule has 2 aromatic carbocycles. The van der Waals surface area contributed by atoms with Crippen molar-refractivity contribution in [2.45, 2.75) is 25.7 Å². The largest absolute Gasteiger partial charge is 0.389 e. The van der Waals surface area contributed by atoms with Crippen LogP contribution in [0, 0.1) is 6.92 Å². The first-order valence-corrected chi connectivity index (χ1v) is 8.34. The molecule has 0 spiro atoms. The van der Waals surface area contributed by atoms with Gasteiger partial charge in [0.2, 0.25) is 5.91 Å². The molecule has 0 aliphatic carbocycles. The molecular weight excluding hydrogens is 316 g/mol. The Kier molecular flexibility index (Phi) is 7.13. The number of carbonyl (C=O) groups excluding carboxylic acids is 1. The Morgan fingerprint density at radius 2 is 1.80 bits per heavy atom. The van der Waals surface area contributed by atoms with Crippen molar-refractivity contribution in [3.63, 3.8) is 0 Å². The molecule has 3 N–H and O–H groups in total. The lowest BCUT2D eigenvalue weighted by Gasteiger charge is -2.24. The number of aryl methyl sites for hydroxylation is 1. The highest BCUT2D eigenvalue weighted by Crippen LogP contribution is 2.14. The van der Waals surface area contributed by atoms with Crippen molar-refractivity contribution in [3.05, 3.63) is 71.3 Å². The number of hydrogen-bond donors (Lipinski definition) is 2. The van der Waals surface area contributed by atoms with Gasteiger partial charge >= 0.3 is 0 Å². The molecule has 134 valence electrons. The fourth-order valence-electron chi connectivity index (χ4n) is 2.50. The van der Waals surface area contributed by atoms with Crippen LogP contribution in [0.15, 0.2) is 54.6 Å². The van der Waals surface area contributed by atoms with Crippen molar-refractivity contribution in [1.29, 1.82) is 0 Å². The second-order valence-corrected chi connectivity index (χ2v) is 6.26. The zero-order valence-corrected chi connectivity index (χ0v) is 14.8. The van der Waals surface area contributed by atoms with Crippen molar-refractivity contribution in [1.82, 2.24) is 4.90 Å². The van der Waals surface area contributed by atoms with Gasteiger partial charge in [-0.25, -0.2) is 0 Å². The Morgan fingerprint density at radius 3 is 2.44 bits per heavy atom. The minimum atomic E-state index is -0.761. The predicted octanol–water partition coefficient (Wildman–Crippen LogP) is 2.03. The number of likely N-dealkylation sites (N-methyl/N-ethyl adjacent to an activating group) is 1. The van der Waals surface area contributed by atoms with Crippen LogP contribution in [0.25, 0.3) is 0 Å². The number of aliphatic hydroxyl groups is 1. The quantitative estimate of drug-likeness (QED) is 0.770. The standard InChI is InChI=1S/C20H26N2O3/c1-15-8-10-17(11-9-15)19(21)20(24)22(2)12-18(23)14-25-13-16-6-4-3-5-7-16/h3-11,18-19,23H,12-14,21H2,1-2H3. The smallest absolute Gasteiger partial charge is 0.243 e. The van der Waals surface area contributed by atoms with Crippen LogP contribution in [0.1, 0.15) is 22.7 Å². The average molecular weight is 342 g/mol. The summed E-state index contributed by atoms with van der Waals surface area (Å²) in [5, 5.41) is 10.1. The highest BCUT2D eigenvalue weighted by molar-refractivity contribution is 5.82. The lowest BCUT2D eigenvalue weighted by atomic mass is 10.0. The Bertz CT molecular complexity index is 658. The summed E-state index contributed by atoms with van der Waals surface area (Å²) in [6, 6.07) is 16.6. The van der Waals surface area contributed by atoms with Gasteiger partial charge in [-0.2, -0.15) is 0 Å². The summed E-state index contributed by atoms with van der Waals surface area (Å²) in [6.07, 6.45) is -0.761. The zero-order valence-electron chi connectivity index (χ0n) is 14.8. The van der Waals surface area contributed by atoms with Crippen LogP contribution < -0.4 is 5.73 Å². The molecule has 5 heteroatoms. The van der Waals surface area contributed by atoms with Crippen molar-refractivity contribution < 1.29 is 14.6 Å². The molecule has 0 bridgehead atoms. The molecule has 2 aromatic rings. The van der Waals surface area contributed by atoms with E-state index in [9.17, 15) is 9.90 Å². The number of ether oxygens (including phenoxy) is 1. The van der Waals surface area contributed by atoms with Crippen LogP contribution in [-0.2, 0) is 16.1 Å². The maximum absolute atomic E-state index is 12.4. The van der Waals surface area contributed by atoms with Gasteiger partial charge in [-0.15, -0.1) is 0 Å². The van der Waals surface area contributed by atoms with Crippen molar-refractivity contribution in [2.75, 3.05) is 20.2 Å². The highest BCUT2D eigenvalue weighted by atomic mass is 16.5. The van der Waals surface area contributed by atoms with Gasteiger partial charge in [-0.1, -0.05) is 60.2 Å². The number of aliphatic hydroxyl groups excluding tert-OH is 1. The van der Waals surface area contributed by atoms with Gasteiger partial charge in [0.25, 0.3) is 0 Å². The third-order valence-electron chi connectivity index (χ3n) is 3.99. The number of hydrogen-bond acceptors (Lipinski definition) is 4. The second-order valence-electron chi connectivity index (χ2n) is 6.26. The van der Waals surface area contributed by atoms with E-state index < -0.39 is 12.1 Å². The minimum absolute atomic E-state index is 0.159. The Hall–Kier alpha value is -2.21. The summed E-state index contributed by atoms with van der Waals surface area (Å²) >= 11 is 0. The summed E-state index contributed by atoms with van der Waals surface area (Å²) in [5.41, 5.74) is 8.95. The van der Waals surface area contributed by atoms with Gasteiger partial charge in [0, 0.05) is 13.6 Å². The first-order chi connectivity index (χ1) is 12.0. The van der Waals surface area contributed by atoms with E-state index in [4.69, 9.17) is 10.5 Å². The number of benzene rings is 2. The molecule has 0 aromatic heterocycles. The predicted molar refractivity (Wildman–Crippen MR) is 97.8 cm³/mol. The van der Waals surface area contributed by atoms with E-state index in [2.05, 4.69) is 0 Å². The third kappa shape index (κ3) is 5.98. The van der Waals surface area contributed by atoms with Crippen LogP contribution >= 0.6 is 0 Å². The summed E-state index contributed by atoms with van der Waals surface area (Å²) in [7, 11) is 1.64. The van der Waals surface area contributed by atoms with E-state index in [1.807, 2.05) is 61.5 Å². The van der Waals surface area contributed by atoms with Crippen LogP contribution in [0.5, 0.6) is 0 Å². The van der Waals surface area contributed by atoms with Crippen LogP contribution in [0.2, 0.25) is 0 Å². The molecule has 0 fully saturated rings. The van der Waals surface area contributed by atoms with Gasteiger partial charge in [-0.3, -0.25) is 4.79 Å². The van der Waals surface area contributed by atoms with Gasteiger partial charge in [0.15, 0.2) is 0 Å². The van der Waals surface area contributed by atoms with E-state index in [1.54, 1.807) is 7.05 Å². The highest BCUT2D eigenvalue weighted by Gasteiger charge is 2.21. The molecule has 0 heterocycles. The molecule has 2 rings (SSSR count). The monoisotopic (exact) mass is 342 g/mol. The summed E-state index contributed by atoms with van der Waals surface area (Å²) in [6.45, 7) is 2.74. The first-order valence-electron chi connectivity index (χ1n) is 8.34. The van der Waals surface area contributed by atoms with Gasteiger partial charge < -0.3 is 20.5 Å². The number of carbonyl (C=O) groups is 1. The molecule has 0 radical (unpaired) electrons. The lowest BCUT2D eigenvalue weighted by Crippen LogP contribution is -2.41. The number of rotatable bonds is 8. The van der Waals surface area contributed by atoms with Crippen molar-refractivity contribution in [3.8, 4) is 0 Å². The summed E-state index contributed by atoms with van der Waals surface area (Å²) < 4.78 is 5.50. The van der Waals surface area contributed by atoms with E-state index in [0.717, 1.165) is 16.7 Å².